The first-order chi connectivity index (χ1) is 5.68. The Bertz CT molecular complexity index is 488. The van der Waals surface area contributed by atoms with Crippen molar-refractivity contribution in [2.75, 3.05) is 5.73 Å². The van der Waals surface area contributed by atoms with Gasteiger partial charge >= 0.3 is 0 Å². The molecule has 0 unspecified atom stereocenters. The summed E-state index contributed by atoms with van der Waals surface area (Å²) in [6.45, 7) is 0. The summed E-state index contributed by atoms with van der Waals surface area (Å²) in [6, 6.07) is 1.85. The van der Waals surface area contributed by atoms with Crippen molar-refractivity contribution >= 4 is 43.0 Å². The highest BCUT2D eigenvalue weighted by Crippen LogP contribution is 2.30. The van der Waals surface area contributed by atoms with Crippen LogP contribution in [0.2, 0.25) is 0 Å². The van der Waals surface area contributed by atoms with Gasteiger partial charge in [-0.05, 0) is 22.0 Å². The van der Waals surface area contributed by atoms with E-state index in [0.717, 1.165) is 13.9 Å². The number of hydrogen-bond donors (Lipinski definition) is 2. The van der Waals surface area contributed by atoms with Gasteiger partial charge in [0.2, 0.25) is 0 Å². The Morgan fingerprint density at radius 3 is 3.08 bits per heavy atom. The maximum absolute atomic E-state index is 11.1. The number of halogens is 1. The second kappa shape index (κ2) is 2.60. The molecule has 0 aromatic carbocycles. The van der Waals surface area contributed by atoms with E-state index >= 15 is 0 Å². The van der Waals surface area contributed by atoms with Crippen LogP contribution in [0, 0.1) is 0 Å². The summed E-state index contributed by atoms with van der Waals surface area (Å²) in [4.78, 5) is 13.6. The summed E-state index contributed by atoms with van der Waals surface area (Å²) >= 11 is 4.87. The minimum Gasteiger partial charge on any atom is -0.394 e. The molecule has 0 atom stereocenters. The summed E-state index contributed by atoms with van der Waals surface area (Å²) in [5.74, 6) is 0. The Balaban J connectivity index is 2.99. The zero-order valence-corrected chi connectivity index (χ0v) is 8.33. The van der Waals surface area contributed by atoms with E-state index in [1.54, 1.807) is 17.5 Å². The zero-order valence-electron chi connectivity index (χ0n) is 5.93. The molecule has 12 heavy (non-hydrogen) atoms. The second-order valence-corrected chi connectivity index (χ2v) is 4.82. The van der Waals surface area contributed by atoms with Crippen LogP contribution in [-0.2, 0) is 0 Å². The molecule has 3 nitrogen and oxygen atoms in total. The SMILES string of the molecule is Nc1c(=O)[nH]cc2sc(Br)cc12. The molecular formula is C7H5BrN2OS. The van der Waals surface area contributed by atoms with Gasteiger partial charge in [-0.25, -0.2) is 0 Å². The predicted molar refractivity (Wildman–Crippen MR) is 54.6 cm³/mol. The number of nitrogens with two attached hydrogens (primary N) is 1. The van der Waals surface area contributed by atoms with Crippen molar-refractivity contribution in [3.8, 4) is 0 Å². The lowest BCUT2D eigenvalue weighted by Gasteiger charge is -1.91. The summed E-state index contributed by atoms with van der Waals surface area (Å²) in [7, 11) is 0. The van der Waals surface area contributed by atoms with Crippen molar-refractivity contribution in [3.05, 3.63) is 26.4 Å². The van der Waals surface area contributed by atoms with E-state index in [-0.39, 0.29) is 11.2 Å². The van der Waals surface area contributed by atoms with E-state index in [9.17, 15) is 4.79 Å². The lowest BCUT2D eigenvalue weighted by Crippen LogP contribution is -2.10. The van der Waals surface area contributed by atoms with Gasteiger partial charge in [0.05, 0.1) is 8.49 Å². The third-order valence-electron chi connectivity index (χ3n) is 1.60. The van der Waals surface area contributed by atoms with E-state index in [0.29, 0.717) is 0 Å². The largest absolute Gasteiger partial charge is 0.394 e. The highest BCUT2D eigenvalue weighted by Gasteiger charge is 2.04. The van der Waals surface area contributed by atoms with Crippen LogP contribution in [0.3, 0.4) is 0 Å². The van der Waals surface area contributed by atoms with E-state index in [2.05, 4.69) is 20.9 Å². The van der Waals surface area contributed by atoms with Crippen LogP contribution in [0.4, 0.5) is 5.69 Å². The number of thiophene rings is 1. The van der Waals surface area contributed by atoms with E-state index in [4.69, 9.17) is 5.73 Å². The highest BCUT2D eigenvalue weighted by atomic mass is 79.9. The minimum atomic E-state index is -0.229. The number of aromatic nitrogens is 1. The van der Waals surface area contributed by atoms with Gasteiger partial charge in [0.1, 0.15) is 5.69 Å². The Hall–Kier alpha value is -0.810. The van der Waals surface area contributed by atoms with E-state index in [1.165, 1.54) is 0 Å². The number of aromatic amines is 1. The zero-order chi connectivity index (χ0) is 8.72. The van der Waals surface area contributed by atoms with Crippen molar-refractivity contribution < 1.29 is 0 Å². The maximum atomic E-state index is 11.1. The molecule has 2 rings (SSSR count). The lowest BCUT2D eigenvalue weighted by molar-refractivity contribution is 1.28. The van der Waals surface area contributed by atoms with Crippen LogP contribution in [0.15, 0.2) is 20.8 Å². The smallest absolute Gasteiger partial charge is 0.271 e. The van der Waals surface area contributed by atoms with Gasteiger partial charge < -0.3 is 10.7 Å². The molecular weight excluding hydrogens is 240 g/mol. The van der Waals surface area contributed by atoms with Crippen molar-refractivity contribution in [1.82, 2.24) is 4.98 Å². The molecule has 0 radical (unpaired) electrons. The first-order valence-electron chi connectivity index (χ1n) is 3.24. The van der Waals surface area contributed by atoms with Crippen LogP contribution >= 0.6 is 27.3 Å². The minimum absolute atomic E-state index is 0.229. The monoisotopic (exact) mass is 244 g/mol. The molecule has 5 heteroatoms. The molecule has 3 N–H and O–H groups in total. The van der Waals surface area contributed by atoms with Gasteiger partial charge in [0, 0.05) is 11.6 Å². The van der Waals surface area contributed by atoms with Crippen LogP contribution in [0.1, 0.15) is 0 Å². The Labute approximate surface area is 80.3 Å². The Morgan fingerprint density at radius 2 is 2.33 bits per heavy atom. The third kappa shape index (κ3) is 1.05. The molecule has 2 heterocycles. The number of rotatable bonds is 0. The topological polar surface area (TPSA) is 58.9 Å². The van der Waals surface area contributed by atoms with E-state index in [1.807, 2.05) is 6.07 Å². The second-order valence-electron chi connectivity index (χ2n) is 2.36. The molecule has 0 amide bonds. The molecule has 0 saturated heterocycles. The molecule has 0 aliphatic carbocycles. The number of H-pyrrole nitrogens is 1. The van der Waals surface area contributed by atoms with Crippen molar-refractivity contribution in [3.63, 3.8) is 0 Å². The van der Waals surface area contributed by atoms with Crippen molar-refractivity contribution in [2.24, 2.45) is 0 Å². The average molecular weight is 245 g/mol. The molecule has 2 aromatic heterocycles. The van der Waals surface area contributed by atoms with Crippen LogP contribution in [-0.4, -0.2) is 4.98 Å². The highest BCUT2D eigenvalue weighted by molar-refractivity contribution is 9.11. The number of anilines is 1. The number of fused-ring (bicyclic) bond motifs is 1. The maximum Gasteiger partial charge on any atom is 0.271 e. The predicted octanol–water partition coefficient (Wildman–Crippen LogP) is 1.93. The fourth-order valence-corrected chi connectivity index (χ4v) is 2.56. The number of nitrogen functional groups attached to an aromatic ring is 1. The molecule has 0 spiro atoms. The molecule has 0 saturated carbocycles. The first kappa shape index (κ1) is 7.82. The van der Waals surface area contributed by atoms with Crippen LogP contribution < -0.4 is 11.3 Å². The molecule has 62 valence electrons. The normalized spacial score (nSPS) is 10.8. The number of hydrogen-bond acceptors (Lipinski definition) is 3. The summed E-state index contributed by atoms with van der Waals surface area (Å²) < 4.78 is 1.96. The first-order valence-corrected chi connectivity index (χ1v) is 4.85. The van der Waals surface area contributed by atoms with Gasteiger partial charge in [-0.3, -0.25) is 4.79 Å². The van der Waals surface area contributed by atoms with Crippen LogP contribution in [0.25, 0.3) is 10.1 Å². The molecule has 0 aliphatic heterocycles. The Kier molecular flexibility index (Phi) is 1.69. The summed E-state index contributed by atoms with van der Waals surface area (Å²) in [5, 5.41) is 0.815. The van der Waals surface area contributed by atoms with Crippen molar-refractivity contribution in [2.45, 2.75) is 0 Å². The quantitative estimate of drug-likeness (QED) is 0.745. The number of nitrogens with one attached hydrogen (secondary N) is 1. The molecule has 0 aliphatic rings. The number of pyridine rings is 1. The van der Waals surface area contributed by atoms with Gasteiger partial charge in [-0.2, -0.15) is 0 Å². The molecule has 0 bridgehead atoms. The van der Waals surface area contributed by atoms with Crippen LogP contribution in [0.5, 0.6) is 0 Å². The van der Waals surface area contributed by atoms with Crippen molar-refractivity contribution in [1.29, 1.82) is 0 Å². The fourth-order valence-electron chi connectivity index (χ4n) is 1.02. The molecule has 2 aromatic rings. The van der Waals surface area contributed by atoms with E-state index < -0.39 is 0 Å². The summed E-state index contributed by atoms with van der Waals surface area (Å²) in [6.07, 6.45) is 1.67. The summed E-state index contributed by atoms with van der Waals surface area (Å²) in [5.41, 5.74) is 5.63. The Morgan fingerprint density at radius 1 is 1.58 bits per heavy atom. The van der Waals surface area contributed by atoms with Gasteiger partial charge in [-0.1, -0.05) is 0 Å². The molecule has 0 fully saturated rings. The van der Waals surface area contributed by atoms with Gasteiger partial charge in [0.15, 0.2) is 0 Å². The third-order valence-corrected chi connectivity index (χ3v) is 3.18. The average Bonchev–Trinajstić information content (AvgIpc) is 2.39. The standard InChI is InChI=1S/C7H5BrN2OS/c8-5-1-3-4(12-5)2-10-7(11)6(3)9/h1-2H,9H2,(H,10,11). The van der Waals surface area contributed by atoms with Gasteiger partial charge in [0.25, 0.3) is 5.56 Å². The van der Waals surface area contributed by atoms with Gasteiger partial charge in [-0.15, -0.1) is 11.3 Å². The lowest BCUT2D eigenvalue weighted by atomic mass is 10.3. The fraction of sp³-hybridized carbons (Fsp3) is 0.